The van der Waals surface area contributed by atoms with Crippen LogP contribution in [0.4, 0.5) is 11.5 Å². The first kappa shape index (κ1) is 10.9. The van der Waals surface area contributed by atoms with E-state index < -0.39 is 0 Å². The quantitative estimate of drug-likeness (QED) is 0.571. The zero-order chi connectivity index (χ0) is 11.5. The molecule has 0 spiro atoms. The van der Waals surface area contributed by atoms with Crippen LogP contribution in [0.2, 0.25) is 0 Å². The van der Waals surface area contributed by atoms with E-state index in [0.717, 1.165) is 19.3 Å². The molecule has 0 amide bonds. The monoisotopic (exact) mass is 223 g/mol. The largest absolute Gasteiger partial charge is 0.391 e. The van der Waals surface area contributed by atoms with Gasteiger partial charge in [-0.2, -0.15) is 0 Å². The lowest BCUT2D eigenvalue weighted by Gasteiger charge is -2.20. The highest BCUT2D eigenvalue weighted by Gasteiger charge is 2.26. The summed E-state index contributed by atoms with van der Waals surface area (Å²) in [4.78, 5) is 17.8. The van der Waals surface area contributed by atoms with E-state index in [1.165, 1.54) is 6.33 Å². The third-order valence-corrected chi connectivity index (χ3v) is 3.17. The van der Waals surface area contributed by atoms with Crippen molar-refractivity contribution < 1.29 is 0 Å². The van der Waals surface area contributed by atoms with Gasteiger partial charge >= 0.3 is 0 Å². The fraction of sp³-hybridized carbons (Fsp3) is 0.600. The summed E-state index contributed by atoms with van der Waals surface area (Å²) < 4.78 is 0. The maximum absolute atomic E-state index is 11.3. The van der Waals surface area contributed by atoms with Crippen LogP contribution in [-0.2, 0) is 0 Å². The zero-order valence-electron chi connectivity index (χ0n) is 9.07. The zero-order valence-corrected chi connectivity index (χ0v) is 9.07. The molecule has 1 heterocycles. The van der Waals surface area contributed by atoms with Crippen LogP contribution in [0.1, 0.15) is 19.3 Å². The second-order valence-electron chi connectivity index (χ2n) is 4.17. The van der Waals surface area contributed by atoms with Crippen LogP contribution in [0.15, 0.2) is 11.1 Å². The Balaban J connectivity index is 2.14. The maximum Gasteiger partial charge on any atom is 0.276 e. The molecule has 1 aromatic heterocycles. The van der Waals surface area contributed by atoms with Crippen LogP contribution in [0.5, 0.6) is 0 Å². The fourth-order valence-corrected chi connectivity index (χ4v) is 2.21. The van der Waals surface area contributed by atoms with Crippen molar-refractivity contribution in [3.05, 3.63) is 16.7 Å². The summed E-state index contributed by atoms with van der Waals surface area (Å²) >= 11 is 0. The number of aromatic nitrogens is 2. The van der Waals surface area contributed by atoms with E-state index in [2.05, 4.69) is 15.3 Å². The number of hydrogen-bond donors (Lipinski definition) is 4. The molecule has 2 atom stereocenters. The summed E-state index contributed by atoms with van der Waals surface area (Å²) in [6.45, 7) is 0.654. The van der Waals surface area contributed by atoms with Gasteiger partial charge in [-0.3, -0.25) is 4.79 Å². The Hall–Kier alpha value is -1.56. The summed E-state index contributed by atoms with van der Waals surface area (Å²) in [5, 5.41) is 3.21. The Bertz CT molecular complexity index is 416. The Labute approximate surface area is 93.4 Å². The van der Waals surface area contributed by atoms with E-state index in [1.807, 2.05) is 0 Å². The maximum atomic E-state index is 11.3. The predicted octanol–water partition coefficient (Wildman–Crippen LogP) is -0.109. The molecule has 16 heavy (non-hydrogen) atoms. The van der Waals surface area contributed by atoms with Gasteiger partial charge < -0.3 is 21.8 Å². The van der Waals surface area contributed by atoms with E-state index in [1.54, 1.807) is 0 Å². The van der Waals surface area contributed by atoms with Crippen molar-refractivity contribution in [2.45, 2.75) is 25.3 Å². The van der Waals surface area contributed by atoms with Gasteiger partial charge in [0.2, 0.25) is 0 Å². The van der Waals surface area contributed by atoms with Gasteiger partial charge in [0.25, 0.3) is 5.56 Å². The average molecular weight is 223 g/mol. The Morgan fingerprint density at radius 1 is 1.56 bits per heavy atom. The molecule has 0 saturated heterocycles. The fourth-order valence-electron chi connectivity index (χ4n) is 2.21. The van der Waals surface area contributed by atoms with Crippen LogP contribution in [0, 0.1) is 5.92 Å². The SMILES string of the molecule is NCC1CCCC1Nc1nc[nH]c(=O)c1N. The first-order valence-electron chi connectivity index (χ1n) is 5.52. The van der Waals surface area contributed by atoms with Crippen molar-refractivity contribution in [3.63, 3.8) is 0 Å². The number of anilines is 2. The first-order valence-corrected chi connectivity index (χ1v) is 5.52. The molecule has 6 N–H and O–H groups in total. The summed E-state index contributed by atoms with van der Waals surface area (Å²) in [7, 11) is 0. The lowest BCUT2D eigenvalue weighted by Crippen LogP contribution is -2.31. The van der Waals surface area contributed by atoms with Gasteiger partial charge in [-0.25, -0.2) is 4.98 Å². The molecule has 0 radical (unpaired) electrons. The van der Waals surface area contributed by atoms with Crippen LogP contribution >= 0.6 is 0 Å². The number of H-pyrrole nitrogens is 1. The highest BCUT2D eigenvalue weighted by molar-refractivity contribution is 5.59. The van der Waals surface area contributed by atoms with Crippen LogP contribution in [0.3, 0.4) is 0 Å². The van der Waals surface area contributed by atoms with Crippen LogP contribution in [0.25, 0.3) is 0 Å². The van der Waals surface area contributed by atoms with E-state index in [0.29, 0.717) is 18.3 Å². The molecule has 0 aliphatic heterocycles. The Morgan fingerprint density at radius 2 is 2.38 bits per heavy atom. The van der Waals surface area contributed by atoms with Crippen molar-refractivity contribution in [2.24, 2.45) is 11.7 Å². The van der Waals surface area contributed by atoms with Gasteiger partial charge in [0.1, 0.15) is 5.69 Å². The predicted molar refractivity (Wildman–Crippen MR) is 63.1 cm³/mol. The Kier molecular flexibility index (Phi) is 3.09. The molecule has 6 nitrogen and oxygen atoms in total. The van der Waals surface area contributed by atoms with Gasteiger partial charge in [0.15, 0.2) is 5.82 Å². The minimum absolute atomic E-state index is 0.144. The third kappa shape index (κ3) is 2.01. The van der Waals surface area contributed by atoms with Gasteiger partial charge in [-0.05, 0) is 25.3 Å². The molecule has 1 fully saturated rings. The first-order chi connectivity index (χ1) is 7.72. The normalized spacial score (nSPS) is 24.6. The Morgan fingerprint density at radius 3 is 3.12 bits per heavy atom. The van der Waals surface area contributed by atoms with E-state index in [-0.39, 0.29) is 17.3 Å². The van der Waals surface area contributed by atoms with Crippen molar-refractivity contribution >= 4 is 11.5 Å². The highest BCUT2D eigenvalue weighted by atomic mass is 16.1. The minimum atomic E-state index is -0.306. The molecule has 2 rings (SSSR count). The van der Waals surface area contributed by atoms with Crippen LogP contribution < -0.4 is 22.3 Å². The highest BCUT2D eigenvalue weighted by Crippen LogP contribution is 2.27. The number of nitrogens with one attached hydrogen (secondary N) is 2. The molecular weight excluding hydrogens is 206 g/mol. The van der Waals surface area contributed by atoms with Crippen molar-refractivity contribution in [1.29, 1.82) is 0 Å². The van der Waals surface area contributed by atoms with Crippen molar-refractivity contribution in [2.75, 3.05) is 17.6 Å². The van der Waals surface area contributed by atoms with Crippen molar-refractivity contribution in [1.82, 2.24) is 9.97 Å². The minimum Gasteiger partial charge on any atom is -0.391 e. The number of rotatable bonds is 3. The van der Waals surface area contributed by atoms with Gasteiger partial charge in [0, 0.05) is 6.04 Å². The summed E-state index contributed by atoms with van der Waals surface area (Å²) in [5.74, 6) is 0.912. The molecule has 1 saturated carbocycles. The summed E-state index contributed by atoms with van der Waals surface area (Å²) in [6, 6.07) is 0.279. The van der Waals surface area contributed by atoms with E-state index >= 15 is 0 Å². The second kappa shape index (κ2) is 4.52. The van der Waals surface area contributed by atoms with Crippen LogP contribution in [-0.4, -0.2) is 22.6 Å². The lowest BCUT2D eigenvalue weighted by atomic mass is 10.0. The van der Waals surface area contributed by atoms with Gasteiger partial charge in [-0.15, -0.1) is 0 Å². The number of hydrogen-bond acceptors (Lipinski definition) is 5. The molecule has 6 heteroatoms. The second-order valence-corrected chi connectivity index (χ2v) is 4.17. The molecule has 1 aromatic rings. The summed E-state index contributed by atoms with van der Waals surface area (Å²) in [5.41, 5.74) is 11.2. The molecule has 0 aromatic carbocycles. The van der Waals surface area contributed by atoms with Gasteiger partial charge in [-0.1, -0.05) is 6.42 Å². The van der Waals surface area contributed by atoms with Crippen molar-refractivity contribution in [3.8, 4) is 0 Å². The molecule has 0 bridgehead atoms. The summed E-state index contributed by atoms with van der Waals surface area (Å²) in [6.07, 6.45) is 4.68. The van der Waals surface area contributed by atoms with Gasteiger partial charge in [0.05, 0.1) is 6.33 Å². The van der Waals surface area contributed by atoms with E-state index in [9.17, 15) is 4.79 Å². The molecule has 88 valence electrons. The number of aromatic amines is 1. The topological polar surface area (TPSA) is 110 Å². The average Bonchev–Trinajstić information content (AvgIpc) is 2.72. The number of nitrogen functional groups attached to an aromatic ring is 1. The molecule has 2 unspecified atom stereocenters. The number of nitrogens with two attached hydrogens (primary N) is 2. The lowest BCUT2D eigenvalue weighted by molar-refractivity contribution is 0.515. The molecule has 1 aliphatic rings. The smallest absolute Gasteiger partial charge is 0.276 e. The standard InChI is InChI=1S/C10H17N5O/c11-4-6-2-1-3-7(6)15-9-8(12)10(16)14-5-13-9/h5-7H,1-4,11-12H2,(H2,13,14,15,16). The number of nitrogens with zero attached hydrogens (tertiary/aromatic N) is 1. The van der Waals surface area contributed by atoms with E-state index in [4.69, 9.17) is 11.5 Å². The molecule has 1 aliphatic carbocycles. The third-order valence-electron chi connectivity index (χ3n) is 3.17. The molecular formula is C10H17N5O.